The van der Waals surface area contributed by atoms with E-state index in [2.05, 4.69) is 37.4 Å². The number of nitrogens with one attached hydrogen (secondary N) is 1. The fourth-order valence-corrected chi connectivity index (χ4v) is 3.03. The molecule has 3 rings (SSSR count). The van der Waals surface area contributed by atoms with Gasteiger partial charge >= 0.3 is 0 Å². The van der Waals surface area contributed by atoms with Gasteiger partial charge in [-0.15, -0.1) is 0 Å². The number of ether oxygens (including phenoxy) is 1. The highest BCUT2D eigenvalue weighted by molar-refractivity contribution is 5.40. The van der Waals surface area contributed by atoms with Crippen LogP contribution in [-0.2, 0) is 6.42 Å². The van der Waals surface area contributed by atoms with Gasteiger partial charge in [-0.3, -0.25) is 0 Å². The molecule has 1 N–H and O–H groups in total. The van der Waals surface area contributed by atoms with Crippen molar-refractivity contribution in [3.63, 3.8) is 0 Å². The molecule has 1 fully saturated rings. The summed E-state index contributed by atoms with van der Waals surface area (Å²) in [6.07, 6.45) is 5.12. The quantitative estimate of drug-likeness (QED) is 0.857. The number of rotatable bonds is 5. The minimum Gasteiger partial charge on any atom is -0.493 e. The van der Waals surface area contributed by atoms with Crippen LogP contribution in [0.2, 0.25) is 0 Å². The summed E-state index contributed by atoms with van der Waals surface area (Å²) in [6.45, 7) is 5.40. The molecule has 2 aliphatic rings. The van der Waals surface area contributed by atoms with Crippen LogP contribution in [0.3, 0.4) is 0 Å². The Kier molecular flexibility index (Phi) is 3.29. The highest BCUT2D eigenvalue weighted by atomic mass is 16.5. The molecular weight excluding hydrogens is 222 g/mol. The first-order chi connectivity index (χ1) is 8.78. The Balaban J connectivity index is 1.61. The maximum atomic E-state index is 5.56. The molecule has 2 nitrogen and oxygen atoms in total. The lowest BCUT2D eigenvalue weighted by Crippen LogP contribution is -2.22. The number of fused-ring (bicyclic) bond motifs is 1. The van der Waals surface area contributed by atoms with Gasteiger partial charge in [-0.25, -0.2) is 0 Å². The Bertz CT molecular complexity index is 429. The fourth-order valence-electron chi connectivity index (χ4n) is 3.03. The van der Waals surface area contributed by atoms with Crippen molar-refractivity contribution in [3.05, 3.63) is 29.3 Å². The van der Waals surface area contributed by atoms with Crippen LogP contribution in [0.25, 0.3) is 0 Å². The van der Waals surface area contributed by atoms with Crippen molar-refractivity contribution in [2.45, 2.75) is 51.6 Å². The van der Waals surface area contributed by atoms with Gasteiger partial charge in [0.05, 0.1) is 6.61 Å². The van der Waals surface area contributed by atoms with Gasteiger partial charge in [0.2, 0.25) is 0 Å². The Labute approximate surface area is 110 Å². The molecule has 98 valence electrons. The molecule has 0 bridgehead atoms. The van der Waals surface area contributed by atoms with Gasteiger partial charge in [-0.2, -0.15) is 0 Å². The van der Waals surface area contributed by atoms with Gasteiger partial charge in [0.15, 0.2) is 0 Å². The SMILES string of the molecule is CCCC1CC1NC(C)c1ccc2c(c1)CCO2. The van der Waals surface area contributed by atoms with Gasteiger partial charge in [0, 0.05) is 18.5 Å². The molecule has 3 unspecified atom stereocenters. The van der Waals surface area contributed by atoms with Crippen LogP contribution < -0.4 is 10.1 Å². The van der Waals surface area contributed by atoms with Crippen LogP contribution in [0.4, 0.5) is 0 Å². The first-order valence-corrected chi connectivity index (χ1v) is 7.29. The maximum absolute atomic E-state index is 5.56. The molecule has 18 heavy (non-hydrogen) atoms. The second-order valence-corrected chi connectivity index (χ2v) is 5.74. The first-order valence-electron chi connectivity index (χ1n) is 7.29. The molecule has 1 aliphatic carbocycles. The zero-order valence-corrected chi connectivity index (χ0v) is 11.4. The van der Waals surface area contributed by atoms with E-state index in [9.17, 15) is 0 Å². The monoisotopic (exact) mass is 245 g/mol. The third-order valence-corrected chi connectivity index (χ3v) is 4.26. The molecule has 2 heteroatoms. The lowest BCUT2D eigenvalue weighted by molar-refractivity contribution is 0.356. The third-order valence-electron chi connectivity index (χ3n) is 4.26. The number of hydrogen-bond acceptors (Lipinski definition) is 2. The zero-order valence-electron chi connectivity index (χ0n) is 11.4. The van der Waals surface area contributed by atoms with E-state index in [1.807, 2.05) is 0 Å². The highest BCUT2D eigenvalue weighted by Gasteiger charge is 2.36. The second kappa shape index (κ2) is 4.93. The minimum absolute atomic E-state index is 0.461. The van der Waals surface area contributed by atoms with E-state index >= 15 is 0 Å². The molecule has 0 aromatic heterocycles. The smallest absolute Gasteiger partial charge is 0.122 e. The molecular formula is C16H23NO. The van der Waals surface area contributed by atoms with Gasteiger partial charge in [-0.1, -0.05) is 25.5 Å². The van der Waals surface area contributed by atoms with Crippen LogP contribution in [0.5, 0.6) is 5.75 Å². The predicted octanol–water partition coefficient (Wildman–Crippen LogP) is 3.46. The Morgan fingerprint density at radius 3 is 3.17 bits per heavy atom. The number of benzene rings is 1. The number of hydrogen-bond donors (Lipinski definition) is 1. The first kappa shape index (κ1) is 12.0. The van der Waals surface area contributed by atoms with E-state index in [0.717, 1.165) is 30.7 Å². The average molecular weight is 245 g/mol. The van der Waals surface area contributed by atoms with Crippen molar-refractivity contribution < 1.29 is 4.74 Å². The van der Waals surface area contributed by atoms with Crippen LogP contribution in [-0.4, -0.2) is 12.6 Å². The standard InChI is InChI=1S/C16H23NO/c1-3-4-13-10-15(13)17-11(2)12-5-6-16-14(9-12)7-8-18-16/h5-6,9,11,13,15,17H,3-4,7-8,10H2,1-2H3. The molecule has 0 amide bonds. The Morgan fingerprint density at radius 2 is 2.33 bits per heavy atom. The summed E-state index contributed by atoms with van der Waals surface area (Å²) in [5.41, 5.74) is 2.78. The van der Waals surface area contributed by atoms with E-state index < -0.39 is 0 Å². The van der Waals surface area contributed by atoms with Crippen molar-refractivity contribution in [2.24, 2.45) is 5.92 Å². The second-order valence-electron chi connectivity index (χ2n) is 5.74. The van der Waals surface area contributed by atoms with Gasteiger partial charge in [0.25, 0.3) is 0 Å². The predicted molar refractivity (Wildman–Crippen MR) is 74.0 cm³/mol. The van der Waals surface area contributed by atoms with E-state index in [1.54, 1.807) is 0 Å². The van der Waals surface area contributed by atoms with Crippen molar-refractivity contribution in [1.29, 1.82) is 0 Å². The van der Waals surface area contributed by atoms with E-state index in [0.29, 0.717) is 6.04 Å². The van der Waals surface area contributed by atoms with Gasteiger partial charge < -0.3 is 10.1 Å². The molecule has 1 saturated carbocycles. The van der Waals surface area contributed by atoms with E-state index in [4.69, 9.17) is 4.74 Å². The van der Waals surface area contributed by atoms with Gasteiger partial charge in [0.1, 0.15) is 5.75 Å². The summed E-state index contributed by atoms with van der Waals surface area (Å²) in [7, 11) is 0. The summed E-state index contributed by atoms with van der Waals surface area (Å²) in [4.78, 5) is 0. The molecule has 0 radical (unpaired) electrons. The van der Waals surface area contributed by atoms with Crippen LogP contribution in [0.15, 0.2) is 18.2 Å². The summed E-state index contributed by atoms with van der Waals surface area (Å²) in [6, 6.07) is 7.87. The molecule has 3 atom stereocenters. The lowest BCUT2D eigenvalue weighted by atomic mass is 10.0. The van der Waals surface area contributed by atoms with Crippen molar-refractivity contribution in [2.75, 3.05) is 6.61 Å². The summed E-state index contributed by atoms with van der Waals surface area (Å²) >= 11 is 0. The summed E-state index contributed by atoms with van der Waals surface area (Å²) in [5, 5.41) is 3.76. The van der Waals surface area contributed by atoms with Crippen LogP contribution in [0.1, 0.15) is 50.3 Å². The van der Waals surface area contributed by atoms with Crippen LogP contribution in [0, 0.1) is 5.92 Å². The van der Waals surface area contributed by atoms with Crippen molar-refractivity contribution in [3.8, 4) is 5.75 Å². The summed E-state index contributed by atoms with van der Waals surface area (Å²) < 4.78 is 5.56. The Hall–Kier alpha value is -1.02. The molecule has 0 spiro atoms. The molecule has 0 saturated heterocycles. The molecule has 1 heterocycles. The van der Waals surface area contributed by atoms with Crippen LogP contribution >= 0.6 is 0 Å². The topological polar surface area (TPSA) is 21.3 Å². The average Bonchev–Trinajstić information content (AvgIpc) is 2.92. The molecule has 1 aromatic carbocycles. The lowest BCUT2D eigenvalue weighted by Gasteiger charge is -2.15. The molecule has 1 aliphatic heterocycles. The zero-order chi connectivity index (χ0) is 12.5. The minimum atomic E-state index is 0.461. The fraction of sp³-hybridized carbons (Fsp3) is 0.625. The normalized spacial score (nSPS) is 26.6. The van der Waals surface area contributed by atoms with Gasteiger partial charge in [-0.05, 0) is 42.9 Å². The molecule has 1 aromatic rings. The van der Waals surface area contributed by atoms with Crippen molar-refractivity contribution in [1.82, 2.24) is 5.32 Å². The highest BCUT2D eigenvalue weighted by Crippen LogP contribution is 2.37. The maximum Gasteiger partial charge on any atom is 0.122 e. The van der Waals surface area contributed by atoms with Crippen molar-refractivity contribution >= 4 is 0 Å². The summed E-state index contributed by atoms with van der Waals surface area (Å²) in [5.74, 6) is 2.01. The van der Waals surface area contributed by atoms with E-state index in [1.165, 1.54) is 30.4 Å². The van der Waals surface area contributed by atoms with E-state index in [-0.39, 0.29) is 0 Å². The largest absolute Gasteiger partial charge is 0.493 e. The Morgan fingerprint density at radius 1 is 1.44 bits per heavy atom. The third kappa shape index (κ3) is 2.39.